The van der Waals surface area contributed by atoms with E-state index in [4.69, 9.17) is 9.15 Å². The number of sulfonamides is 1. The van der Waals surface area contributed by atoms with Gasteiger partial charge in [-0.3, -0.25) is 9.52 Å². The zero-order valence-electron chi connectivity index (χ0n) is 14.3. The van der Waals surface area contributed by atoms with Crippen molar-refractivity contribution >= 4 is 37.6 Å². The van der Waals surface area contributed by atoms with Crippen LogP contribution < -0.4 is 14.9 Å². The van der Waals surface area contributed by atoms with Crippen molar-refractivity contribution in [1.29, 1.82) is 0 Å². The van der Waals surface area contributed by atoms with Gasteiger partial charge in [0.15, 0.2) is 0 Å². The minimum absolute atomic E-state index is 0.0606. The number of nitrogens with one attached hydrogen (secondary N) is 1. The Morgan fingerprint density at radius 2 is 1.59 bits per heavy atom. The van der Waals surface area contributed by atoms with Gasteiger partial charge in [0, 0.05) is 0 Å². The predicted molar refractivity (Wildman–Crippen MR) is 104 cm³/mol. The molecule has 0 aliphatic heterocycles. The lowest BCUT2D eigenvalue weighted by atomic mass is 10.1. The van der Waals surface area contributed by atoms with Crippen molar-refractivity contribution < 1.29 is 17.6 Å². The fourth-order valence-electron chi connectivity index (χ4n) is 2.89. The van der Waals surface area contributed by atoms with Gasteiger partial charge in [0.1, 0.15) is 16.9 Å². The van der Waals surface area contributed by atoms with Crippen LogP contribution in [0.25, 0.3) is 21.9 Å². The normalized spacial score (nSPS) is 11.6. The third-order valence-electron chi connectivity index (χ3n) is 4.22. The van der Waals surface area contributed by atoms with E-state index in [0.29, 0.717) is 22.3 Å². The number of anilines is 1. The second kappa shape index (κ2) is 6.44. The Hall–Kier alpha value is -3.32. The van der Waals surface area contributed by atoms with Crippen molar-refractivity contribution in [3.05, 3.63) is 77.0 Å². The third-order valence-corrected chi connectivity index (χ3v) is 5.60. The molecule has 27 heavy (non-hydrogen) atoms. The van der Waals surface area contributed by atoms with Crippen LogP contribution in [0.1, 0.15) is 0 Å². The molecule has 0 spiro atoms. The monoisotopic (exact) mass is 381 g/mol. The minimum atomic E-state index is -3.89. The van der Waals surface area contributed by atoms with E-state index in [-0.39, 0.29) is 21.4 Å². The van der Waals surface area contributed by atoms with E-state index in [1.807, 2.05) is 0 Å². The summed E-state index contributed by atoms with van der Waals surface area (Å²) in [6, 6.07) is 17.6. The number of benzene rings is 3. The van der Waals surface area contributed by atoms with Crippen LogP contribution in [0.2, 0.25) is 0 Å². The number of ether oxygens (including phenoxy) is 1. The Labute approximate surface area is 155 Å². The molecule has 0 radical (unpaired) electrons. The van der Waals surface area contributed by atoms with Crippen LogP contribution in [0.4, 0.5) is 5.69 Å². The molecule has 4 rings (SSSR count). The highest BCUT2D eigenvalue weighted by Gasteiger charge is 2.18. The van der Waals surface area contributed by atoms with Crippen LogP contribution in [-0.2, 0) is 10.0 Å². The number of fused-ring (bicyclic) bond motifs is 2. The lowest BCUT2D eigenvalue weighted by Crippen LogP contribution is -2.15. The molecule has 136 valence electrons. The maximum Gasteiger partial charge on any atom is 0.261 e. The lowest BCUT2D eigenvalue weighted by molar-refractivity contribution is 0.414. The number of hydrogen-bond donors (Lipinski definition) is 1. The Morgan fingerprint density at radius 3 is 2.33 bits per heavy atom. The van der Waals surface area contributed by atoms with Crippen LogP contribution >= 0.6 is 0 Å². The van der Waals surface area contributed by atoms with Gasteiger partial charge in [0.25, 0.3) is 10.0 Å². The molecule has 1 N–H and O–H groups in total. The summed E-state index contributed by atoms with van der Waals surface area (Å²) in [7, 11) is -2.38. The Kier molecular flexibility index (Phi) is 4.08. The summed E-state index contributed by atoms with van der Waals surface area (Å²) < 4.78 is 38.8. The highest BCUT2D eigenvalue weighted by atomic mass is 32.2. The molecule has 4 aromatic rings. The van der Waals surface area contributed by atoms with Crippen molar-refractivity contribution in [1.82, 2.24) is 0 Å². The first-order valence-corrected chi connectivity index (χ1v) is 9.59. The first kappa shape index (κ1) is 17.1. The third kappa shape index (κ3) is 3.02. The highest BCUT2D eigenvalue weighted by Crippen LogP contribution is 2.26. The van der Waals surface area contributed by atoms with Gasteiger partial charge in [-0.15, -0.1) is 0 Å². The topological polar surface area (TPSA) is 85.6 Å². The molecule has 7 heteroatoms. The van der Waals surface area contributed by atoms with Gasteiger partial charge in [-0.05, 0) is 48.5 Å². The second-order valence-electron chi connectivity index (χ2n) is 5.89. The van der Waals surface area contributed by atoms with Crippen LogP contribution in [0.15, 0.2) is 80.8 Å². The molecule has 0 saturated carbocycles. The van der Waals surface area contributed by atoms with Crippen molar-refractivity contribution in [2.45, 2.75) is 4.90 Å². The molecule has 0 amide bonds. The zero-order chi connectivity index (χ0) is 19.0. The molecule has 3 aromatic carbocycles. The van der Waals surface area contributed by atoms with E-state index in [9.17, 15) is 13.2 Å². The summed E-state index contributed by atoms with van der Waals surface area (Å²) >= 11 is 0. The summed E-state index contributed by atoms with van der Waals surface area (Å²) in [4.78, 5) is 13.0. The van der Waals surface area contributed by atoms with Gasteiger partial charge >= 0.3 is 0 Å². The van der Waals surface area contributed by atoms with Crippen LogP contribution in [-0.4, -0.2) is 15.5 Å². The average molecular weight is 381 g/mol. The Morgan fingerprint density at radius 1 is 0.889 bits per heavy atom. The molecule has 6 nitrogen and oxygen atoms in total. The summed E-state index contributed by atoms with van der Waals surface area (Å²) in [6.07, 6.45) is 0. The van der Waals surface area contributed by atoms with Crippen molar-refractivity contribution in [3.8, 4) is 5.75 Å². The Balaban J connectivity index is 1.86. The summed E-state index contributed by atoms with van der Waals surface area (Å²) in [6.45, 7) is 0. The molecule has 0 saturated heterocycles. The van der Waals surface area contributed by atoms with Gasteiger partial charge in [-0.1, -0.05) is 18.2 Å². The zero-order valence-corrected chi connectivity index (χ0v) is 15.1. The van der Waals surface area contributed by atoms with Gasteiger partial charge in [-0.25, -0.2) is 8.42 Å². The van der Waals surface area contributed by atoms with Gasteiger partial charge < -0.3 is 9.15 Å². The molecule has 0 bridgehead atoms. The molecule has 0 aliphatic carbocycles. The molecule has 0 fully saturated rings. The van der Waals surface area contributed by atoms with Crippen LogP contribution in [0, 0.1) is 0 Å². The van der Waals surface area contributed by atoms with Crippen molar-refractivity contribution in [3.63, 3.8) is 0 Å². The van der Waals surface area contributed by atoms with Gasteiger partial charge in [-0.2, -0.15) is 0 Å². The second-order valence-corrected chi connectivity index (χ2v) is 7.57. The van der Waals surface area contributed by atoms with E-state index in [1.54, 1.807) is 48.5 Å². The number of rotatable bonds is 4. The van der Waals surface area contributed by atoms with E-state index in [0.717, 1.165) is 0 Å². The molecule has 1 aromatic heterocycles. The molecular formula is C20H15NO5S. The molecule has 0 aliphatic rings. The molecule has 0 unspecified atom stereocenters. The smallest absolute Gasteiger partial charge is 0.261 e. The number of methoxy groups -OCH3 is 1. The summed E-state index contributed by atoms with van der Waals surface area (Å²) in [5.74, 6) is 0.547. The highest BCUT2D eigenvalue weighted by molar-refractivity contribution is 7.92. The first-order valence-electron chi connectivity index (χ1n) is 8.11. The fourth-order valence-corrected chi connectivity index (χ4v) is 3.96. The maximum atomic E-state index is 12.9. The molecule has 0 atom stereocenters. The Bertz CT molecular complexity index is 1310. The number of para-hydroxylation sites is 1. The largest absolute Gasteiger partial charge is 0.497 e. The number of hydrogen-bond acceptors (Lipinski definition) is 5. The maximum absolute atomic E-state index is 12.9. The minimum Gasteiger partial charge on any atom is -0.497 e. The van der Waals surface area contributed by atoms with Gasteiger partial charge in [0.05, 0.1) is 28.5 Å². The van der Waals surface area contributed by atoms with Crippen LogP contribution in [0.3, 0.4) is 0 Å². The predicted octanol–water partition coefficient (Wildman–Crippen LogP) is 3.76. The standard InChI is InChI=1S/C20H15NO5S/c1-25-13-9-11-14(12-10-13)27(23,24)21-16-6-4-8-18-19(16)20(22)15-5-2-3-7-17(15)26-18/h2-12,21H,1H3. The van der Waals surface area contributed by atoms with E-state index >= 15 is 0 Å². The van der Waals surface area contributed by atoms with E-state index < -0.39 is 10.0 Å². The molecular weight excluding hydrogens is 366 g/mol. The van der Waals surface area contributed by atoms with Crippen molar-refractivity contribution in [2.24, 2.45) is 0 Å². The SMILES string of the molecule is COc1ccc(S(=O)(=O)Nc2cccc3oc4ccccc4c(=O)c23)cc1. The average Bonchev–Trinajstić information content (AvgIpc) is 2.68. The summed E-state index contributed by atoms with van der Waals surface area (Å²) in [5, 5.41) is 0.578. The van der Waals surface area contributed by atoms with Crippen LogP contribution in [0.5, 0.6) is 5.75 Å². The van der Waals surface area contributed by atoms with E-state index in [1.165, 1.54) is 25.3 Å². The van der Waals surface area contributed by atoms with Crippen molar-refractivity contribution in [2.75, 3.05) is 11.8 Å². The lowest BCUT2D eigenvalue weighted by Gasteiger charge is -2.11. The van der Waals surface area contributed by atoms with Gasteiger partial charge in [0.2, 0.25) is 5.43 Å². The molecule has 1 heterocycles. The fraction of sp³-hybridized carbons (Fsp3) is 0.0500. The van der Waals surface area contributed by atoms with E-state index in [2.05, 4.69) is 4.72 Å². The summed E-state index contributed by atoms with van der Waals surface area (Å²) in [5.41, 5.74) is 0.640. The quantitative estimate of drug-likeness (QED) is 0.544. The first-order chi connectivity index (χ1) is 13.0.